The van der Waals surface area contributed by atoms with Crippen LogP contribution in [-0.4, -0.2) is 11.5 Å². The van der Waals surface area contributed by atoms with E-state index in [1.807, 2.05) is 6.20 Å². The second kappa shape index (κ2) is 4.90. The molecule has 0 radical (unpaired) electrons. The average Bonchev–Trinajstić information content (AvgIpc) is 2.32. The van der Waals surface area contributed by atoms with Gasteiger partial charge in [-0.2, -0.15) is 0 Å². The zero-order valence-corrected chi connectivity index (χ0v) is 9.48. The van der Waals surface area contributed by atoms with E-state index in [1.165, 1.54) is 11.1 Å². The Morgan fingerprint density at radius 1 is 1.06 bits per heavy atom. The van der Waals surface area contributed by atoms with Crippen molar-refractivity contribution in [2.24, 2.45) is 5.73 Å². The lowest BCUT2D eigenvalue weighted by atomic mass is 10.1. The molecular weight excluding hydrogens is 196 g/mol. The summed E-state index contributed by atoms with van der Waals surface area (Å²) < 4.78 is 0. The van der Waals surface area contributed by atoms with E-state index in [9.17, 15) is 0 Å². The predicted octanol–water partition coefficient (Wildman–Crippen LogP) is 2.56. The lowest BCUT2D eigenvalue weighted by Crippen LogP contribution is -2.02. The molecule has 2 nitrogen and oxygen atoms in total. The fourth-order valence-electron chi connectivity index (χ4n) is 1.63. The van der Waals surface area contributed by atoms with E-state index in [2.05, 4.69) is 48.3 Å². The molecule has 0 aliphatic carbocycles. The molecule has 0 unspecified atom stereocenters. The lowest BCUT2D eigenvalue weighted by molar-refractivity contribution is 0.959. The van der Waals surface area contributed by atoms with Gasteiger partial charge in [0.25, 0.3) is 0 Å². The number of nitrogens with zero attached hydrogens (tertiary/aromatic N) is 1. The highest BCUT2D eigenvalue weighted by Gasteiger charge is 1.98. The molecule has 0 aliphatic rings. The molecule has 1 aromatic carbocycles. The summed E-state index contributed by atoms with van der Waals surface area (Å²) in [6.45, 7) is 2.76. The van der Waals surface area contributed by atoms with E-state index < -0.39 is 0 Å². The number of rotatable bonds is 3. The van der Waals surface area contributed by atoms with Crippen LogP contribution in [0.25, 0.3) is 11.3 Å². The van der Waals surface area contributed by atoms with Crippen LogP contribution in [0.1, 0.15) is 11.1 Å². The Morgan fingerprint density at radius 3 is 2.38 bits per heavy atom. The van der Waals surface area contributed by atoms with Crippen LogP contribution >= 0.6 is 0 Å². The minimum absolute atomic E-state index is 0.672. The number of pyridine rings is 1. The fraction of sp³-hybridized carbons (Fsp3) is 0.214. The first-order chi connectivity index (χ1) is 7.79. The smallest absolute Gasteiger partial charge is 0.0702 e. The Balaban J connectivity index is 2.24. The number of hydrogen-bond acceptors (Lipinski definition) is 2. The van der Waals surface area contributed by atoms with Gasteiger partial charge in [0.2, 0.25) is 0 Å². The number of hydrogen-bond donors (Lipinski definition) is 1. The number of nitrogens with two attached hydrogens (primary N) is 1. The maximum absolute atomic E-state index is 5.50. The number of benzene rings is 1. The molecule has 0 spiro atoms. The van der Waals surface area contributed by atoms with Gasteiger partial charge in [-0.15, -0.1) is 0 Å². The summed E-state index contributed by atoms with van der Waals surface area (Å²) in [5.74, 6) is 0. The SMILES string of the molecule is Cc1ccc(-c2ccc(CCN)cn2)cc1. The normalized spacial score (nSPS) is 10.4. The summed E-state index contributed by atoms with van der Waals surface area (Å²) in [5.41, 5.74) is 10.1. The molecule has 2 heteroatoms. The van der Waals surface area contributed by atoms with E-state index in [1.54, 1.807) is 0 Å². The van der Waals surface area contributed by atoms with Gasteiger partial charge in [0.05, 0.1) is 5.69 Å². The number of aryl methyl sites for hydroxylation is 1. The van der Waals surface area contributed by atoms with Crippen LogP contribution in [0.5, 0.6) is 0 Å². The highest BCUT2D eigenvalue weighted by molar-refractivity contribution is 5.59. The average molecular weight is 212 g/mol. The first-order valence-corrected chi connectivity index (χ1v) is 5.51. The third-order valence-corrected chi connectivity index (χ3v) is 2.61. The van der Waals surface area contributed by atoms with E-state index >= 15 is 0 Å². The van der Waals surface area contributed by atoms with Gasteiger partial charge >= 0.3 is 0 Å². The van der Waals surface area contributed by atoms with Crippen molar-refractivity contribution in [3.8, 4) is 11.3 Å². The molecular formula is C14H16N2. The molecule has 2 rings (SSSR count). The molecule has 0 saturated carbocycles. The monoisotopic (exact) mass is 212 g/mol. The molecule has 2 aromatic rings. The molecule has 0 atom stereocenters. The molecule has 1 aromatic heterocycles. The van der Waals surface area contributed by atoms with Crippen LogP contribution in [0.4, 0.5) is 0 Å². The molecule has 0 saturated heterocycles. The Bertz CT molecular complexity index is 443. The highest BCUT2D eigenvalue weighted by Crippen LogP contribution is 2.17. The fourth-order valence-corrected chi connectivity index (χ4v) is 1.63. The van der Waals surface area contributed by atoms with Crippen molar-refractivity contribution in [3.05, 3.63) is 53.7 Å². The highest BCUT2D eigenvalue weighted by atomic mass is 14.7. The van der Waals surface area contributed by atoms with Gasteiger partial charge in [-0.25, -0.2) is 0 Å². The first kappa shape index (κ1) is 10.8. The first-order valence-electron chi connectivity index (χ1n) is 5.51. The van der Waals surface area contributed by atoms with Crippen molar-refractivity contribution < 1.29 is 0 Å². The molecule has 1 heterocycles. The van der Waals surface area contributed by atoms with Gasteiger partial charge in [0, 0.05) is 11.8 Å². The van der Waals surface area contributed by atoms with E-state index in [-0.39, 0.29) is 0 Å². The van der Waals surface area contributed by atoms with Gasteiger partial charge in [0.15, 0.2) is 0 Å². The molecule has 0 aliphatic heterocycles. The van der Waals surface area contributed by atoms with E-state index in [0.717, 1.165) is 17.7 Å². The quantitative estimate of drug-likeness (QED) is 0.849. The van der Waals surface area contributed by atoms with Crippen molar-refractivity contribution in [1.82, 2.24) is 4.98 Å². The molecule has 82 valence electrons. The second-order valence-electron chi connectivity index (χ2n) is 3.96. The maximum Gasteiger partial charge on any atom is 0.0702 e. The van der Waals surface area contributed by atoms with Crippen molar-refractivity contribution in [2.45, 2.75) is 13.3 Å². The van der Waals surface area contributed by atoms with Gasteiger partial charge in [-0.1, -0.05) is 35.9 Å². The standard InChI is InChI=1S/C14H16N2/c1-11-2-5-13(6-3-11)14-7-4-12(8-9-15)10-16-14/h2-7,10H,8-9,15H2,1H3. The molecule has 16 heavy (non-hydrogen) atoms. The van der Waals surface area contributed by atoms with Gasteiger partial charge in [-0.3, -0.25) is 4.98 Å². The van der Waals surface area contributed by atoms with Crippen molar-refractivity contribution in [2.75, 3.05) is 6.54 Å². The van der Waals surface area contributed by atoms with Crippen LogP contribution in [0.3, 0.4) is 0 Å². The Morgan fingerprint density at radius 2 is 1.81 bits per heavy atom. The van der Waals surface area contributed by atoms with Crippen molar-refractivity contribution in [3.63, 3.8) is 0 Å². The summed E-state index contributed by atoms with van der Waals surface area (Å²) in [4.78, 5) is 4.44. The summed E-state index contributed by atoms with van der Waals surface area (Å²) in [7, 11) is 0. The molecule has 2 N–H and O–H groups in total. The van der Waals surface area contributed by atoms with Crippen molar-refractivity contribution >= 4 is 0 Å². The van der Waals surface area contributed by atoms with Crippen LogP contribution in [0.2, 0.25) is 0 Å². The third-order valence-electron chi connectivity index (χ3n) is 2.61. The summed E-state index contributed by atoms with van der Waals surface area (Å²) >= 11 is 0. The Kier molecular flexibility index (Phi) is 3.32. The third kappa shape index (κ3) is 2.47. The Labute approximate surface area is 96.1 Å². The maximum atomic E-state index is 5.50. The van der Waals surface area contributed by atoms with Crippen LogP contribution in [-0.2, 0) is 6.42 Å². The van der Waals surface area contributed by atoms with Gasteiger partial charge in [-0.05, 0) is 31.5 Å². The van der Waals surface area contributed by atoms with Crippen LogP contribution < -0.4 is 5.73 Å². The van der Waals surface area contributed by atoms with Crippen LogP contribution in [0, 0.1) is 6.92 Å². The van der Waals surface area contributed by atoms with Crippen LogP contribution in [0.15, 0.2) is 42.6 Å². The molecule has 0 fully saturated rings. The topological polar surface area (TPSA) is 38.9 Å². The van der Waals surface area contributed by atoms with E-state index in [4.69, 9.17) is 5.73 Å². The predicted molar refractivity (Wildman–Crippen MR) is 67.2 cm³/mol. The summed E-state index contributed by atoms with van der Waals surface area (Å²) in [6.07, 6.45) is 2.79. The lowest BCUT2D eigenvalue weighted by Gasteiger charge is -2.03. The second-order valence-corrected chi connectivity index (χ2v) is 3.96. The Hall–Kier alpha value is -1.67. The molecule has 0 bridgehead atoms. The van der Waals surface area contributed by atoms with E-state index in [0.29, 0.717) is 6.54 Å². The van der Waals surface area contributed by atoms with Gasteiger partial charge < -0.3 is 5.73 Å². The van der Waals surface area contributed by atoms with Crippen molar-refractivity contribution in [1.29, 1.82) is 0 Å². The van der Waals surface area contributed by atoms with Gasteiger partial charge in [0.1, 0.15) is 0 Å². The summed E-state index contributed by atoms with van der Waals surface area (Å²) in [5, 5.41) is 0. The minimum Gasteiger partial charge on any atom is -0.330 e. The largest absolute Gasteiger partial charge is 0.330 e. The zero-order valence-electron chi connectivity index (χ0n) is 9.48. The zero-order chi connectivity index (χ0) is 11.4. The molecule has 0 amide bonds. The minimum atomic E-state index is 0.672. The number of aromatic nitrogens is 1. The summed E-state index contributed by atoms with van der Waals surface area (Å²) in [6, 6.07) is 12.5.